The molecule has 0 spiro atoms. The van der Waals surface area contributed by atoms with E-state index >= 15 is 0 Å². The quantitative estimate of drug-likeness (QED) is 0.925. The first-order valence-electron chi connectivity index (χ1n) is 6.71. The van der Waals surface area contributed by atoms with E-state index in [0.717, 1.165) is 12.0 Å². The van der Waals surface area contributed by atoms with Gasteiger partial charge in [0.1, 0.15) is 0 Å². The molecule has 0 bridgehead atoms. The van der Waals surface area contributed by atoms with Gasteiger partial charge in [-0.3, -0.25) is 0 Å². The normalized spacial score (nSPS) is 23.2. The summed E-state index contributed by atoms with van der Waals surface area (Å²) in [7, 11) is -1.50. The lowest BCUT2D eigenvalue weighted by Gasteiger charge is -2.27. The van der Waals surface area contributed by atoms with E-state index in [2.05, 4.69) is 5.32 Å². The third-order valence-corrected chi connectivity index (χ3v) is 5.44. The number of hydrogen-bond acceptors (Lipinski definition) is 4. The molecule has 0 aromatic heterocycles. The monoisotopic (exact) mass is 301 g/mol. The first kappa shape index (κ1) is 15.3. The van der Waals surface area contributed by atoms with Gasteiger partial charge in [0.15, 0.2) is 21.4 Å². The lowest BCUT2D eigenvalue weighted by Crippen LogP contribution is -2.41. The van der Waals surface area contributed by atoms with Crippen LogP contribution in [0.1, 0.15) is 31.4 Å². The fourth-order valence-electron chi connectivity index (χ4n) is 2.55. The summed E-state index contributed by atoms with van der Waals surface area (Å²) in [4.78, 5) is 0. The number of benzene rings is 1. The van der Waals surface area contributed by atoms with Crippen molar-refractivity contribution in [3.63, 3.8) is 0 Å². The average Bonchev–Trinajstić information content (AvgIpc) is 2.38. The summed E-state index contributed by atoms with van der Waals surface area (Å²) in [5.74, 6) is 0.260. The highest BCUT2D eigenvalue weighted by Gasteiger charge is 2.25. The van der Waals surface area contributed by atoms with E-state index in [1.807, 2.05) is 6.92 Å². The van der Waals surface area contributed by atoms with Crippen LogP contribution in [-0.4, -0.2) is 33.1 Å². The predicted octanol–water partition coefficient (Wildman–Crippen LogP) is 2.06. The molecule has 2 rings (SSSR count). The summed E-state index contributed by atoms with van der Waals surface area (Å²) in [6.07, 6.45) is 1.54. The molecule has 0 radical (unpaired) electrons. The van der Waals surface area contributed by atoms with Crippen molar-refractivity contribution in [3.8, 4) is 5.75 Å². The van der Waals surface area contributed by atoms with Crippen molar-refractivity contribution in [2.45, 2.75) is 31.8 Å². The van der Waals surface area contributed by atoms with Crippen molar-refractivity contribution in [2.75, 3.05) is 18.6 Å². The Hall–Kier alpha value is -1.14. The van der Waals surface area contributed by atoms with Crippen molar-refractivity contribution in [2.24, 2.45) is 0 Å². The standard InChI is InChI=1S/C14H20FNO3S/c1-10(11-5-6-13(15)14(8-11)19-2)16-12-4-3-7-20(17,18)9-12/h5-6,8,10,12,16H,3-4,7,9H2,1-2H3. The van der Waals surface area contributed by atoms with E-state index in [-0.39, 0.29) is 29.3 Å². The lowest BCUT2D eigenvalue weighted by atomic mass is 10.1. The van der Waals surface area contributed by atoms with E-state index in [4.69, 9.17) is 4.74 Å². The van der Waals surface area contributed by atoms with Crippen LogP contribution in [0, 0.1) is 5.82 Å². The average molecular weight is 301 g/mol. The molecule has 1 N–H and O–H groups in total. The van der Waals surface area contributed by atoms with E-state index in [1.54, 1.807) is 12.1 Å². The van der Waals surface area contributed by atoms with Gasteiger partial charge >= 0.3 is 0 Å². The number of hydrogen-bond donors (Lipinski definition) is 1. The zero-order valence-electron chi connectivity index (χ0n) is 11.7. The fraction of sp³-hybridized carbons (Fsp3) is 0.571. The zero-order chi connectivity index (χ0) is 14.8. The number of sulfone groups is 1. The van der Waals surface area contributed by atoms with Crippen molar-refractivity contribution in [1.82, 2.24) is 5.32 Å². The Bertz CT molecular complexity index is 574. The minimum absolute atomic E-state index is 0.0419. The van der Waals surface area contributed by atoms with Crippen molar-refractivity contribution in [1.29, 1.82) is 0 Å². The Morgan fingerprint density at radius 3 is 2.85 bits per heavy atom. The molecule has 1 aliphatic heterocycles. The highest BCUT2D eigenvalue weighted by molar-refractivity contribution is 7.91. The Morgan fingerprint density at radius 2 is 2.20 bits per heavy atom. The van der Waals surface area contributed by atoms with Gasteiger partial charge in [-0.2, -0.15) is 0 Å². The van der Waals surface area contributed by atoms with Crippen LogP contribution in [-0.2, 0) is 9.84 Å². The van der Waals surface area contributed by atoms with Gasteiger partial charge in [0.05, 0.1) is 18.6 Å². The molecule has 20 heavy (non-hydrogen) atoms. The highest BCUT2D eigenvalue weighted by Crippen LogP contribution is 2.24. The minimum Gasteiger partial charge on any atom is -0.494 e. The second kappa shape index (κ2) is 6.10. The highest BCUT2D eigenvalue weighted by atomic mass is 32.2. The first-order chi connectivity index (χ1) is 9.41. The largest absolute Gasteiger partial charge is 0.494 e. The molecule has 1 saturated heterocycles. The van der Waals surface area contributed by atoms with Crippen LogP contribution in [0.15, 0.2) is 18.2 Å². The van der Waals surface area contributed by atoms with E-state index < -0.39 is 15.7 Å². The summed E-state index contributed by atoms with van der Waals surface area (Å²) in [5, 5.41) is 3.30. The fourth-order valence-corrected chi connectivity index (χ4v) is 4.20. The Balaban J connectivity index is 2.06. The Kier molecular flexibility index (Phi) is 4.65. The molecule has 0 saturated carbocycles. The third-order valence-electron chi connectivity index (χ3n) is 3.62. The maximum absolute atomic E-state index is 13.4. The molecule has 112 valence electrons. The van der Waals surface area contributed by atoms with Gasteiger partial charge in [-0.1, -0.05) is 6.07 Å². The van der Waals surface area contributed by atoms with Gasteiger partial charge in [0.2, 0.25) is 0 Å². The molecule has 2 unspecified atom stereocenters. The van der Waals surface area contributed by atoms with Crippen LogP contribution in [0.5, 0.6) is 5.75 Å². The third kappa shape index (κ3) is 3.70. The Morgan fingerprint density at radius 1 is 1.45 bits per heavy atom. The van der Waals surface area contributed by atoms with Gasteiger partial charge in [-0.25, -0.2) is 12.8 Å². The van der Waals surface area contributed by atoms with E-state index in [1.165, 1.54) is 13.2 Å². The number of halogens is 1. The number of rotatable bonds is 4. The molecule has 1 heterocycles. The molecule has 1 aromatic carbocycles. The van der Waals surface area contributed by atoms with Crippen LogP contribution in [0.2, 0.25) is 0 Å². The van der Waals surface area contributed by atoms with Gasteiger partial charge in [-0.15, -0.1) is 0 Å². The van der Waals surface area contributed by atoms with Crippen LogP contribution >= 0.6 is 0 Å². The van der Waals surface area contributed by atoms with Crippen LogP contribution in [0.25, 0.3) is 0 Å². The van der Waals surface area contributed by atoms with Gasteiger partial charge in [-0.05, 0) is 37.5 Å². The maximum atomic E-state index is 13.4. The van der Waals surface area contributed by atoms with Crippen LogP contribution in [0.3, 0.4) is 0 Å². The van der Waals surface area contributed by atoms with Crippen LogP contribution in [0.4, 0.5) is 4.39 Å². The minimum atomic E-state index is -2.93. The second-order valence-electron chi connectivity index (χ2n) is 5.24. The van der Waals surface area contributed by atoms with Gasteiger partial charge < -0.3 is 10.1 Å². The molecular weight excluding hydrogens is 281 g/mol. The Labute approximate surface area is 119 Å². The smallest absolute Gasteiger partial charge is 0.165 e. The SMILES string of the molecule is COc1cc(C(C)NC2CCCS(=O)(=O)C2)ccc1F. The molecule has 1 aromatic rings. The summed E-state index contributed by atoms with van der Waals surface area (Å²) >= 11 is 0. The summed E-state index contributed by atoms with van der Waals surface area (Å²) in [5.41, 5.74) is 0.881. The van der Waals surface area contributed by atoms with Crippen LogP contribution < -0.4 is 10.1 Å². The molecular formula is C14H20FNO3S. The molecule has 0 amide bonds. The first-order valence-corrected chi connectivity index (χ1v) is 8.53. The lowest BCUT2D eigenvalue weighted by molar-refractivity contribution is 0.383. The topological polar surface area (TPSA) is 55.4 Å². The summed E-state index contributed by atoms with van der Waals surface area (Å²) < 4.78 is 41.6. The van der Waals surface area contributed by atoms with Crippen molar-refractivity contribution in [3.05, 3.63) is 29.6 Å². The van der Waals surface area contributed by atoms with Crippen molar-refractivity contribution >= 4 is 9.84 Å². The van der Waals surface area contributed by atoms with E-state index in [0.29, 0.717) is 6.42 Å². The van der Waals surface area contributed by atoms with Gasteiger partial charge in [0.25, 0.3) is 0 Å². The molecule has 6 heteroatoms. The van der Waals surface area contributed by atoms with Gasteiger partial charge in [0, 0.05) is 12.1 Å². The number of ether oxygens (including phenoxy) is 1. The van der Waals surface area contributed by atoms with E-state index in [9.17, 15) is 12.8 Å². The predicted molar refractivity (Wildman–Crippen MR) is 76.2 cm³/mol. The van der Waals surface area contributed by atoms with Crippen molar-refractivity contribution < 1.29 is 17.5 Å². The number of methoxy groups -OCH3 is 1. The second-order valence-corrected chi connectivity index (χ2v) is 7.46. The number of nitrogens with one attached hydrogen (secondary N) is 1. The zero-order valence-corrected chi connectivity index (χ0v) is 12.5. The summed E-state index contributed by atoms with van der Waals surface area (Å²) in [6, 6.07) is 4.60. The molecule has 0 aliphatic carbocycles. The molecule has 4 nitrogen and oxygen atoms in total. The molecule has 1 fully saturated rings. The molecule has 1 aliphatic rings. The maximum Gasteiger partial charge on any atom is 0.165 e. The summed E-state index contributed by atoms with van der Waals surface area (Å²) in [6.45, 7) is 1.94. The molecule has 2 atom stereocenters.